The molecule has 1 radical (unpaired) electrons. The molecule has 0 N–H and O–H groups in total. The van der Waals surface area contributed by atoms with Crippen molar-refractivity contribution < 1.29 is 8.78 Å². The van der Waals surface area contributed by atoms with E-state index in [-0.39, 0.29) is 5.56 Å². The Balaban J connectivity index is 0.000000354. The normalized spacial score (nSPS) is 8.08. The molecule has 63 valence electrons. The third kappa shape index (κ3) is 5.14. The van der Waals surface area contributed by atoms with Gasteiger partial charge in [0.2, 0.25) is 0 Å². The highest BCUT2D eigenvalue weighted by atomic mass is 35.6. The SMILES string of the molecule is [CH2]c1ccc(F)cc1F.[Cl][Mg][Cl]. The summed E-state index contributed by atoms with van der Waals surface area (Å²) < 4.78 is 24.4. The summed E-state index contributed by atoms with van der Waals surface area (Å²) in [6.45, 7) is 3.32. The van der Waals surface area contributed by atoms with E-state index in [1.54, 1.807) is 0 Å². The van der Waals surface area contributed by atoms with Crippen molar-refractivity contribution >= 4 is 36.3 Å². The molecule has 1 rings (SSSR count). The van der Waals surface area contributed by atoms with Gasteiger partial charge >= 0.3 is 18.2 Å². The second-order valence-corrected chi connectivity index (χ2v) is 4.46. The highest BCUT2D eigenvalue weighted by molar-refractivity contribution is 7.22. The fraction of sp³-hybridized carbons (Fsp3) is 0. The zero-order chi connectivity index (χ0) is 9.56. The molecule has 0 heterocycles. The molecule has 0 unspecified atom stereocenters. The molecule has 5 heteroatoms. The molecule has 0 aliphatic carbocycles. The van der Waals surface area contributed by atoms with Crippen molar-refractivity contribution in [1.29, 1.82) is 0 Å². The van der Waals surface area contributed by atoms with E-state index in [2.05, 4.69) is 6.92 Å². The zero-order valence-corrected chi connectivity index (χ0v) is 9.08. The van der Waals surface area contributed by atoms with E-state index in [4.69, 9.17) is 18.1 Å². The van der Waals surface area contributed by atoms with E-state index >= 15 is 0 Å². The maximum absolute atomic E-state index is 12.3. The minimum atomic E-state index is -0.639. The first-order chi connectivity index (χ1) is 5.61. The molecule has 0 fully saturated rings. The van der Waals surface area contributed by atoms with Crippen LogP contribution >= 0.6 is 18.1 Å². The standard InChI is InChI=1S/C7H5F2.2ClH.Mg/c1-5-2-3-6(8)4-7(5)9;;;/h2-4H,1H2;2*1H;/q;;;+2/p-2. The van der Waals surface area contributed by atoms with Crippen LogP contribution in [0.5, 0.6) is 0 Å². The van der Waals surface area contributed by atoms with E-state index in [9.17, 15) is 8.78 Å². The third-order valence-electron chi connectivity index (χ3n) is 1.02. The van der Waals surface area contributed by atoms with Crippen LogP contribution in [0.1, 0.15) is 5.56 Å². The van der Waals surface area contributed by atoms with Crippen LogP contribution < -0.4 is 0 Å². The van der Waals surface area contributed by atoms with Crippen molar-refractivity contribution in [1.82, 2.24) is 0 Å². The number of benzene rings is 1. The molecule has 0 aliphatic heterocycles. The predicted molar refractivity (Wildman–Crippen MR) is 48.3 cm³/mol. The van der Waals surface area contributed by atoms with Gasteiger partial charge in [-0.25, -0.2) is 8.78 Å². The van der Waals surface area contributed by atoms with E-state index in [1.165, 1.54) is 12.1 Å². The first kappa shape index (κ1) is 12.4. The summed E-state index contributed by atoms with van der Waals surface area (Å²) in [5.74, 6) is -1.17. The Morgan fingerprint density at radius 3 is 2.08 bits per heavy atom. The quantitative estimate of drug-likeness (QED) is 0.592. The maximum Gasteiger partial charge on any atom is 0.618 e. The summed E-state index contributed by atoms with van der Waals surface area (Å²) in [7, 11) is 9.81. The monoisotopic (exact) mass is 221 g/mol. The van der Waals surface area contributed by atoms with Gasteiger partial charge in [0.05, 0.1) is 0 Å². The molecule has 0 atom stereocenters. The number of rotatable bonds is 0. The van der Waals surface area contributed by atoms with Crippen molar-refractivity contribution in [3.05, 3.63) is 42.3 Å². The molecule has 0 bridgehead atoms. The van der Waals surface area contributed by atoms with Gasteiger partial charge in [0, 0.05) is 6.07 Å². The largest absolute Gasteiger partial charge is 0.618 e. The predicted octanol–water partition coefficient (Wildman–Crippen LogP) is 3.15. The molecule has 0 nitrogen and oxygen atoms in total. The van der Waals surface area contributed by atoms with Crippen LogP contribution in [0.25, 0.3) is 0 Å². The minimum Gasteiger partial charge on any atom is -0.309 e. The Kier molecular flexibility index (Phi) is 7.14. The van der Waals surface area contributed by atoms with E-state index in [1.807, 2.05) is 0 Å². The van der Waals surface area contributed by atoms with Crippen LogP contribution in [0.3, 0.4) is 0 Å². The van der Waals surface area contributed by atoms with Crippen LogP contribution in [0.15, 0.2) is 18.2 Å². The topological polar surface area (TPSA) is 0 Å². The summed E-state index contributed by atoms with van der Waals surface area (Å²) in [6.07, 6.45) is 0. The van der Waals surface area contributed by atoms with Crippen LogP contribution in [0.4, 0.5) is 8.78 Å². The summed E-state index contributed by atoms with van der Waals surface area (Å²) >= 11 is -0.639. The lowest BCUT2D eigenvalue weighted by atomic mass is 10.2. The van der Waals surface area contributed by atoms with Crippen LogP contribution in [0.2, 0.25) is 0 Å². The molecule has 0 amide bonds. The van der Waals surface area contributed by atoms with Crippen LogP contribution in [0, 0.1) is 18.6 Å². The fourth-order valence-electron chi connectivity index (χ4n) is 0.522. The van der Waals surface area contributed by atoms with Crippen LogP contribution in [-0.4, -0.2) is 18.2 Å². The third-order valence-corrected chi connectivity index (χ3v) is 1.02. The first-order valence-corrected chi connectivity index (χ1v) is 7.28. The van der Waals surface area contributed by atoms with Gasteiger partial charge in [0.1, 0.15) is 11.6 Å². The molecule has 0 spiro atoms. The van der Waals surface area contributed by atoms with Gasteiger partial charge in [-0.15, -0.1) is 0 Å². The Bertz CT molecular complexity index is 243. The van der Waals surface area contributed by atoms with Crippen molar-refractivity contribution in [3.63, 3.8) is 0 Å². The summed E-state index contributed by atoms with van der Waals surface area (Å²) in [6, 6.07) is 3.28. The Hall–Kier alpha value is 0.426. The lowest BCUT2D eigenvalue weighted by Gasteiger charge is -1.92. The van der Waals surface area contributed by atoms with Crippen molar-refractivity contribution in [3.8, 4) is 0 Å². The lowest BCUT2D eigenvalue weighted by molar-refractivity contribution is 0.580. The Morgan fingerprint density at radius 2 is 1.75 bits per heavy atom. The average Bonchev–Trinajstić information content (AvgIpc) is 1.99. The second-order valence-electron chi connectivity index (χ2n) is 1.84. The molecular weight excluding hydrogens is 217 g/mol. The Labute approximate surface area is 87.1 Å². The molecular formula is C7H5Cl2F2Mg. The van der Waals surface area contributed by atoms with E-state index < -0.39 is 29.8 Å². The number of hydrogen-bond acceptors (Lipinski definition) is 0. The lowest BCUT2D eigenvalue weighted by Crippen LogP contribution is -1.81. The molecule has 1 aromatic carbocycles. The molecule has 0 saturated carbocycles. The summed E-state index contributed by atoms with van der Waals surface area (Å²) in [5.41, 5.74) is 0.219. The Morgan fingerprint density at radius 1 is 1.25 bits per heavy atom. The molecule has 0 saturated heterocycles. The maximum atomic E-state index is 12.3. The zero-order valence-electron chi connectivity index (χ0n) is 6.16. The smallest absolute Gasteiger partial charge is 0.309 e. The van der Waals surface area contributed by atoms with Crippen molar-refractivity contribution in [2.75, 3.05) is 0 Å². The summed E-state index contributed by atoms with van der Waals surface area (Å²) in [4.78, 5) is 0. The minimum absolute atomic E-state index is 0.219. The van der Waals surface area contributed by atoms with Crippen molar-refractivity contribution in [2.45, 2.75) is 0 Å². The van der Waals surface area contributed by atoms with Gasteiger partial charge in [-0.2, -0.15) is 0 Å². The number of halogens is 4. The number of hydrogen-bond donors (Lipinski definition) is 0. The van der Waals surface area contributed by atoms with Gasteiger partial charge < -0.3 is 18.1 Å². The molecule has 0 aromatic heterocycles. The highest BCUT2D eigenvalue weighted by Crippen LogP contribution is 2.06. The van der Waals surface area contributed by atoms with Gasteiger partial charge in [0.15, 0.2) is 0 Å². The highest BCUT2D eigenvalue weighted by Gasteiger charge is 1.95. The summed E-state index contributed by atoms with van der Waals surface area (Å²) in [5, 5.41) is 0. The molecule has 1 aromatic rings. The van der Waals surface area contributed by atoms with Gasteiger partial charge in [-0.1, -0.05) is 6.07 Å². The molecule has 0 aliphatic rings. The van der Waals surface area contributed by atoms with Crippen LogP contribution in [-0.2, 0) is 0 Å². The first-order valence-electron chi connectivity index (χ1n) is 3.00. The molecule has 12 heavy (non-hydrogen) atoms. The van der Waals surface area contributed by atoms with Gasteiger partial charge in [0.25, 0.3) is 0 Å². The van der Waals surface area contributed by atoms with Gasteiger partial charge in [-0.05, 0) is 18.6 Å². The average molecular weight is 222 g/mol. The second kappa shape index (κ2) is 6.89. The van der Waals surface area contributed by atoms with Gasteiger partial charge in [-0.3, -0.25) is 0 Å². The van der Waals surface area contributed by atoms with E-state index in [0.717, 1.165) is 6.07 Å². The van der Waals surface area contributed by atoms with E-state index in [0.29, 0.717) is 0 Å². The van der Waals surface area contributed by atoms with Crippen molar-refractivity contribution in [2.24, 2.45) is 0 Å². The fourth-order valence-corrected chi connectivity index (χ4v) is 0.522.